The molecule has 4 heterocycles. The van der Waals surface area contributed by atoms with Crippen LogP contribution in [0.4, 0.5) is 5.82 Å². The number of methoxy groups -OCH3 is 1. The monoisotopic (exact) mass is 425 g/mol. The fraction of sp³-hybridized carbons (Fsp3) is 0.300. The van der Waals surface area contributed by atoms with Crippen molar-refractivity contribution >= 4 is 41.2 Å². The second-order valence-corrected chi connectivity index (χ2v) is 7.78. The Balaban J connectivity index is 1.64. The second kappa shape index (κ2) is 7.08. The quantitative estimate of drug-likeness (QED) is 0.546. The predicted molar refractivity (Wildman–Crippen MR) is 111 cm³/mol. The maximum atomic E-state index is 13.2. The number of benzene rings is 1. The Morgan fingerprint density at radius 2 is 2.13 bits per heavy atom. The number of thiol groups is 1. The van der Waals surface area contributed by atoms with E-state index in [2.05, 4.69) is 28.2 Å². The van der Waals surface area contributed by atoms with Gasteiger partial charge in [0.05, 0.1) is 11.8 Å². The van der Waals surface area contributed by atoms with Gasteiger partial charge in [-0.3, -0.25) is 14.5 Å². The number of aromatic nitrogens is 3. The van der Waals surface area contributed by atoms with Gasteiger partial charge >= 0.3 is 0 Å². The average Bonchev–Trinajstić information content (AvgIpc) is 3.27. The minimum absolute atomic E-state index is 0.270. The molecule has 1 saturated heterocycles. The zero-order valence-electron chi connectivity index (χ0n) is 16.0. The molecular formula is C20H19N5O4S. The Hall–Kier alpha value is -2.95. The molecule has 2 amide bonds. The summed E-state index contributed by atoms with van der Waals surface area (Å²) in [6.45, 7) is 0. The highest BCUT2D eigenvalue weighted by molar-refractivity contribution is 7.78. The van der Waals surface area contributed by atoms with Crippen molar-refractivity contribution in [2.24, 2.45) is 0 Å². The van der Waals surface area contributed by atoms with Gasteiger partial charge in [0.15, 0.2) is 0 Å². The van der Waals surface area contributed by atoms with Crippen LogP contribution in [0.5, 0.6) is 0 Å². The van der Waals surface area contributed by atoms with E-state index in [0.29, 0.717) is 29.6 Å². The molecule has 0 saturated carbocycles. The molecule has 2 N–H and O–H groups in total. The van der Waals surface area contributed by atoms with E-state index < -0.39 is 18.4 Å². The lowest BCUT2D eigenvalue weighted by Gasteiger charge is -2.32. The van der Waals surface area contributed by atoms with Gasteiger partial charge in [-0.1, -0.05) is 12.1 Å². The zero-order chi connectivity index (χ0) is 21.0. The highest BCUT2D eigenvalue weighted by Gasteiger charge is 2.42. The molecule has 154 valence electrons. The molecule has 1 aromatic carbocycles. The maximum Gasteiger partial charge on any atom is 0.260 e. The second-order valence-electron chi connectivity index (χ2n) is 7.37. The molecule has 3 unspecified atom stereocenters. The summed E-state index contributed by atoms with van der Waals surface area (Å²) in [6, 6.07) is 4.75. The highest BCUT2D eigenvalue weighted by atomic mass is 32.1. The molecule has 3 aromatic rings. The molecule has 1 fully saturated rings. The van der Waals surface area contributed by atoms with E-state index in [1.165, 1.54) is 8.99 Å². The lowest BCUT2D eigenvalue weighted by atomic mass is 9.98. The van der Waals surface area contributed by atoms with Crippen LogP contribution in [0, 0.1) is 0 Å². The van der Waals surface area contributed by atoms with Gasteiger partial charge in [-0.2, -0.15) is 5.10 Å². The number of rotatable bonds is 4. The van der Waals surface area contributed by atoms with Gasteiger partial charge in [0, 0.05) is 36.0 Å². The van der Waals surface area contributed by atoms with Crippen LogP contribution >= 0.6 is 12.8 Å². The Morgan fingerprint density at radius 3 is 2.83 bits per heavy atom. The summed E-state index contributed by atoms with van der Waals surface area (Å²) in [6.07, 6.45) is 4.48. The van der Waals surface area contributed by atoms with Crippen LogP contribution in [0.25, 0.3) is 10.8 Å². The minimum atomic E-state index is -0.889. The Labute approximate surface area is 177 Å². The molecule has 0 radical (unpaired) electrons. The van der Waals surface area contributed by atoms with Crippen LogP contribution in [0.2, 0.25) is 0 Å². The van der Waals surface area contributed by atoms with Gasteiger partial charge in [-0.15, -0.1) is 0 Å². The number of ether oxygens (including phenoxy) is 1. The van der Waals surface area contributed by atoms with Crippen LogP contribution in [-0.2, 0) is 9.53 Å². The summed E-state index contributed by atoms with van der Waals surface area (Å²) in [4.78, 5) is 31.7. The Kier molecular flexibility index (Phi) is 4.49. The number of carbonyl (C=O) groups is 2. The van der Waals surface area contributed by atoms with Crippen LogP contribution in [0.1, 0.15) is 40.4 Å². The topological polar surface area (TPSA) is 110 Å². The van der Waals surface area contributed by atoms with Crippen molar-refractivity contribution in [2.75, 3.05) is 12.0 Å². The molecule has 2 aliphatic heterocycles. The first-order chi connectivity index (χ1) is 14.5. The number of hydrogen-bond donors (Lipinski definition) is 3. The third-order valence-electron chi connectivity index (χ3n) is 5.65. The molecule has 3 atom stereocenters. The summed E-state index contributed by atoms with van der Waals surface area (Å²) < 4.78 is 7.12. The molecular weight excluding hydrogens is 406 g/mol. The normalized spacial score (nSPS) is 21.9. The van der Waals surface area contributed by atoms with Crippen LogP contribution < -0.4 is 10.2 Å². The molecule has 0 bridgehead atoms. The first-order valence-electron chi connectivity index (χ1n) is 9.50. The summed E-state index contributed by atoms with van der Waals surface area (Å²) in [5, 5.41) is 17.8. The number of aliphatic hydroxyl groups is 1. The van der Waals surface area contributed by atoms with Crippen molar-refractivity contribution in [1.29, 1.82) is 0 Å². The van der Waals surface area contributed by atoms with Gasteiger partial charge in [0.1, 0.15) is 24.2 Å². The fourth-order valence-electron chi connectivity index (χ4n) is 4.31. The number of hydrogen-bond acceptors (Lipinski definition) is 7. The first-order valence-corrected chi connectivity index (χ1v) is 9.90. The van der Waals surface area contributed by atoms with Crippen molar-refractivity contribution in [3.05, 3.63) is 53.5 Å². The summed E-state index contributed by atoms with van der Waals surface area (Å²) in [7, 11) is 1.60. The van der Waals surface area contributed by atoms with E-state index in [1.807, 2.05) is 12.1 Å². The minimum Gasteiger partial charge on any atom is -0.374 e. The molecule has 5 rings (SSSR count). The number of pyridine rings is 1. The molecule has 10 heteroatoms. The SMILES string of the molecule is COC(c1cnn(S)c1)c1cnc2c3c(cccc13)C(=O)N2C1CCC(O)NC1=O. The lowest BCUT2D eigenvalue weighted by Crippen LogP contribution is -2.55. The van der Waals surface area contributed by atoms with E-state index in [9.17, 15) is 14.7 Å². The van der Waals surface area contributed by atoms with E-state index >= 15 is 0 Å². The van der Waals surface area contributed by atoms with Crippen molar-refractivity contribution in [3.8, 4) is 0 Å². The standard InChI is InChI=1S/C20H19N5O4S/c1-29-17(10-7-22-24(30)9-10)13-8-21-18-16-11(13)3-2-4-12(16)20(28)25(18)14-5-6-15(26)23-19(14)27/h2-4,7-9,14-15,17,26,30H,5-6H2,1H3,(H,23,27). The molecule has 2 aliphatic rings. The first kappa shape index (κ1) is 19.0. The largest absolute Gasteiger partial charge is 0.374 e. The predicted octanol–water partition coefficient (Wildman–Crippen LogP) is 1.42. The third-order valence-corrected chi connectivity index (χ3v) is 5.87. The van der Waals surface area contributed by atoms with Crippen molar-refractivity contribution in [1.82, 2.24) is 19.5 Å². The van der Waals surface area contributed by atoms with Crippen molar-refractivity contribution in [2.45, 2.75) is 31.2 Å². The number of aliphatic hydroxyl groups excluding tert-OH is 1. The summed E-state index contributed by atoms with van der Waals surface area (Å²) in [5.74, 6) is -0.204. The smallest absolute Gasteiger partial charge is 0.260 e. The Bertz CT molecular complexity index is 1180. The van der Waals surface area contributed by atoms with Gasteiger partial charge in [-0.25, -0.2) is 9.07 Å². The van der Waals surface area contributed by atoms with E-state index in [1.54, 1.807) is 31.8 Å². The maximum absolute atomic E-state index is 13.2. The lowest BCUT2D eigenvalue weighted by molar-refractivity contribution is -0.128. The molecule has 30 heavy (non-hydrogen) atoms. The zero-order valence-corrected chi connectivity index (χ0v) is 16.9. The van der Waals surface area contributed by atoms with E-state index in [-0.39, 0.29) is 11.8 Å². The highest BCUT2D eigenvalue weighted by Crippen LogP contribution is 2.42. The molecule has 2 aromatic heterocycles. The number of nitrogens with one attached hydrogen (secondary N) is 1. The number of amides is 2. The van der Waals surface area contributed by atoms with Gasteiger partial charge < -0.3 is 15.2 Å². The average molecular weight is 425 g/mol. The number of piperidine rings is 1. The summed E-state index contributed by atoms with van der Waals surface area (Å²) in [5.41, 5.74) is 2.09. The fourth-order valence-corrected chi connectivity index (χ4v) is 4.50. The molecule has 9 nitrogen and oxygen atoms in total. The van der Waals surface area contributed by atoms with Gasteiger partial charge in [0.25, 0.3) is 5.91 Å². The third kappa shape index (κ3) is 2.79. The Morgan fingerprint density at radius 1 is 1.30 bits per heavy atom. The number of carbonyl (C=O) groups excluding carboxylic acids is 2. The summed E-state index contributed by atoms with van der Waals surface area (Å²) >= 11 is 4.19. The van der Waals surface area contributed by atoms with Crippen molar-refractivity contribution in [3.63, 3.8) is 0 Å². The number of nitrogens with zero attached hydrogens (tertiary/aromatic N) is 4. The van der Waals surface area contributed by atoms with Crippen LogP contribution in [-0.4, -0.2) is 50.5 Å². The molecule has 0 spiro atoms. The number of anilines is 1. The van der Waals surface area contributed by atoms with Crippen molar-refractivity contribution < 1.29 is 19.4 Å². The van der Waals surface area contributed by atoms with Gasteiger partial charge in [-0.05, 0) is 37.1 Å². The van der Waals surface area contributed by atoms with E-state index in [0.717, 1.165) is 16.5 Å². The van der Waals surface area contributed by atoms with E-state index in [4.69, 9.17) is 4.74 Å². The van der Waals surface area contributed by atoms with Gasteiger partial charge in [0.2, 0.25) is 5.91 Å². The molecule has 0 aliphatic carbocycles. The van der Waals surface area contributed by atoms with Crippen LogP contribution in [0.15, 0.2) is 36.8 Å². The van der Waals surface area contributed by atoms with Crippen LogP contribution in [0.3, 0.4) is 0 Å².